The Morgan fingerprint density at radius 3 is 2.22 bits per heavy atom. The molecule has 0 aliphatic carbocycles. The van der Waals surface area contributed by atoms with Crippen LogP contribution in [0.25, 0.3) is 0 Å². The Hall–Kier alpha value is -2.57. The van der Waals surface area contributed by atoms with E-state index >= 15 is 0 Å². The number of carbonyl (C=O) groups is 3. The SMILES string of the molecule is COC(=O)c1ccccc1N(C(N)=O)[C@@H](CC(C)C)C(=O)OC. The average molecular weight is 322 g/mol. The topological polar surface area (TPSA) is 98.9 Å². The maximum atomic E-state index is 12.1. The number of para-hydroxylation sites is 1. The molecule has 1 aromatic carbocycles. The van der Waals surface area contributed by atoms with Gasteiger partial charge in [-0.25, -0.2) is 14.4 Å². The standard InChI is InChI=1S/C16H22N2O5/c1-10(2)9-13(15(20)23-4)18(16(17)21)12-8-6-5-7-11(12)14(19)22-3/h5-8,10,13H,9H2,1-4H3,(H2,17,21)/t13-/m0/s1. The molecule has 0 spiro atoms. The number of hydrogen-bond acceptors (Lipinski definition) is 5. The van der Waals surface area contributed by atoms with E-state index in [1.165, 1.54) is 26.4 Å². The van der Waals surface area contributed by atoms with Crippen LogP contribution in [0.1, 0.15) is 30.6 Å². The van der Waals surface area contributed by atoms with Gasteiger partial charge in [-0.05, 0) is 24.5 Å². The van der Waals surface area contributed by atoms with Gasteiger partial charge in [0.25, 0.3) is 0 Å². The first-order valence-corrected chi connectivity index (χ1v) is 7.17. The Labute approximate surface area is 135 Å². The van der Waals surface area contributed by atoms with Gasteiger partial charge in [-0.3, -0.25) is 4.90 Å². The van der Waals surface area contributed by atoms with Gasteiger partial charge in [-0.1, -0.05) is 26.0 Å². The molecule has 0 bridgehead atoms. The predicted molar refractivity (Wildman–Crippen MR) is 85.1 cm³/mol. The normalized spacial score (nSPS) is 11.7. The van der Waals surface area contributed by atoms with Crippen LogP contribution in [0, 0.1) is 5.92 Å². The van der Waals surface area contributed by atoms with E-state index in [2.05, 4.69) is 0 Å². The molecule has 2 N–H and O–H groups in total. The fourth-order valence-corrected chi connectivity index (χ4v) is 2.30. The zero-order chi connectivity index (χ0) is 17.6. The van der Waals surface area contributed by atoms with E-state index in [0.29, 0.717) is 6.42 Å². The van der Waals surface area contributed by atoms with E-state index in [1.54, 1.807) is 12.1 Å². The summed E-state index contributed by atoms with van der Waals surface area (Å²) in [4.78, 5) is 37.1. The minimum Gasteiger partial charge on any atom is -0.467 e. The number of rotatable bonds is 6. The van der Waals surface area contributed by atoms with Crippen molar-refractivity contribution in [2.45, 2.75) is 26.3 Å². The number of nitrogens with two attached hydrogens (primary N) is 1. The van der Waals surface area contributed by atoms with Gasteiger partial charge in [0.2, 0.25) is 0 Å². The fourth-order valence-electron chi connectivity index (χ4n) is 2.30. The molecule has 0 aliphatic rings. The van der Waals surface area contributed by atoms with Crippen molar-refractivity contribution in [2.24, 2.45) is 11.7 Å². The van der Waals surface area contributed by atoms with Crippen LogP contribution in [0.2, 0.25) is 0 Å². The number of anilines is 1. The molecule has 0 fully saturated rings. The lowest BCUT2D eigenvalue weighted by Crippen LogP contribution is -2.49. The lowest BCUT2D eigenvalue weighted by Gasteiger charge is -2.30. The molecule has 1 aromatic rings. The zero-order valence-electron chi connectivity index (χ0n) is 13.7. The first kappa shape index (κ1) is 18.5. The van der Waals surface area contributed by atoms with Crippen LogP contribution < -0.4 is 10.6 Å². The number of primary amides is 1. The summed E-state index contributed by atoms with van der Waals surface area (Å²) in [7, 11) is 2.47. The number of methoxy groups -OCH3 is 2. The number of amides is 2. The molecule has 7 nitrogen and oxygen atoms in total. The summed E-state index contributed by atoms with van der Waals surface area (Å²) in [5, 5.41) is 0. The summed E-state index contributed by atoms with van der Waals surface area (Å²) < 4.78 is 9.51. The first-order valence-electron chi connectivity index (χ1n) is 7.17. The number of esters is 2. The highest BCUT2D eigenvalue weighted by Crippen LogP contribution is 2.26. The van der Waals surface area contributed by atoms with Crippen molar-refractivity contribution in [3.05, 3.63) is 29.8 Å². The summed E-state index contributed by atoms with van der Waals surface area (Å²) in [6, 6.07) is 4.53. The van der Waals surface area contributed by atoms with Gasteiger partial charge in [0.1, 0.15) is 6.04 Å². The second-order valence-corrected chi connectivity index (χ2v) is 5.39. The van der Waals surface area contributed by atoms with Crippen LogP contribution >= 0.6 is 0 Å². The van der Waals surface area contributed by atoms with Crippen molar-refractivity contribution in [3.8, 4) is 0 Å². The largest absolute Gasteiger partial charge is 0.467 e. The molecule has 2 amide bonds. The van der Waals surface area contributed by atoms with Crippen molar-refractivity contribution < 1.29 is 23.9 Å². The van der Waals surface area contributed by atoms with Crippen LogP contribution in [-0.2, 0) is 14.3 Å². The van der Waals surface area contributed by atoms with E-state index < -0.39 is 24.0 Å². The molecule has 0 radical (unpaired) electrons. The van der Waals surface area contributed by atoms with Gasteiger partial charge in [0.15, 0.2) is 0 Å². The van der Waals surface area contributed by atoms with Gasteiger partial charge >= 0.3 is 18.0 Å². The lowest BCUT2D eigenvalue weighted by molar-refractivity contribution is -0.142. The van der Waals surface area contributed by atoms with Crippen LogP contribution in [-0.4, -0.2) is 38.2 Å². The van der Waals surface area contributed by atoms with E-state index in [0.717, 1.165) is 4.90 Å². The molecule has 0 aliphatic heterocycles. The summed E-state index contributed by atoms with van der Waals surface area (Å²) in [6.45, 7) is 3.81. The van der Waals surface area contributed by atoms with Crippen LogP contribution in [0.5, 0.6) is 0 Å². The van der Waals surface area contributed by atoms with E-state index in [4.69, 9.17) is 15.2 Å². The summed E-state index contributed by atoms with van der Waals surface area (Å²) in [5.41, 5.74) is 5.83. The number of carbonyl (C=O) groups excluding carboxylic acids is 3. The molecule has 126 valence electrons. The maximum Gasteiger partial charge on any atom is 0.339 e. The summed E-state index contributed by atoms with van der Waals surface area (Å²) in [6.07, 6.45) is 0.338. The molecule has 1 atom stereocenters. The quantitative estimate of drug-likeness (QED) is 0.807. The lowest BCUT2D eigenvalue weighted by atomic mass is 10.0. The first-order chi connectivity index (χ1) is 10.8. The molecule has 1 rings (SSSR count). The third kappa shape index (κ3) is 4.45. The zero-order valence-corrected chi connectivity index (χ0v) is 13.7. The number of nitrogens with zero attached hydrogens (tertiary/aromatic N) is 1. The number of ether oxygens (including phenoxy) is 2. The Bertz CT molecular complexity index is 586. The minimum atomic E-state index is -0.927. The Kier molecular flexibility index (Phi) is 6.56. The highest BCUT2D eigenvalue weighted by atomic mass is 16.5. The van der Waals surface area contributed by atoms with Crippen molar-refractivity contribution in [3.63, 3.8) is 0 Å². The van der Waals surface area contributed by atoms with Gasteiger partial charge in [0.05, 0.1) is 25.5 Å². The minimum absolute atomic E-state index is 0.103. The highest BCUT2D eigenvalue weighted by molar-refractivity contribution is 6.04. The fraction of sp³-hybridized carbons (Fsp3) is 0.438. The number of urea groups is 1. The number of hydrogen-bond donors (Lipinski definition) is 1. The number of benzene rings is 1. The van der Waals surface area contributed by atoms with Gasteiger partial charge < -0.3 is 15.2 Å². The predicted octanol–water partition coefficient (Wildman–Crippen LogP) is 1.95. The van der Waals surface area contributed by atoms with Crippen molar-refractivity contribution in [1.82, 2.24) is 0 Å². The molecule has 0 aromatic heterocycles. The highest BCUT2D eigenvalue weighted by Gasteiger charge is 2.33. The third-order valence-corrected chi connectivity index (χ3v) is 3.29. The monoisotopic (exact) mass is 322 g/mol. The Morgan fingerprint density at radius 2 is 1.74 bits per heavy atom. The van der Waals surface area contributed by atoms with Gasteiger partial charge in [-0.2, -0.15) is 0 Å². The van der Waals surface area contributed by atoms with E-state index in [1.807, 2.05) is 13.8 Å². The second kappa shape index (κ2) is 8.17. The molecule has 0 saturated heterocycles. The molecule has 7 heteroatoms. The Morgan fingerprint density at radius 1 is 1.13 bits per heavy atom. The molecule has 0 unspecified atom stereocenters. The van der Waals surface area contributed by atoms with E-state index in [9.17, 15) is 14.4 Å². The molecule has 0 saturated carbocycles. The summed E-state index contributed by atoms with van der Waals surface area (Å²) >= 11 is 0. The van der Waals surface area contributed by atoms with Crippen molar-refractivity contribution in [2.75, 3.05) is 19.1 Å². The van der Waals surface area contributed by atoms with Crippen LogP contribution in [0.4, 0.5) is 10.5 Å². The van der Waals surface area contributed by atoms with Crippen LogP contribution in [0.15, 0.2) is 24.3 Å². The smallest absolute Gasteiger partial charge is 0.339 e. The van der Waals surface area contributed by atoms with Gasteiger partial charge in [0, 0.05) is 0 Å². The van der Waals surface area contributed by atoms with Crippen molar-refractivity contribution in [1.29, 1.82) is 0 Å². The van der Waals surface area contributed by atoms with Crippen LogP contribution in [0.3, 0.4) is 0 Å². The van der Waals surface area contributed by atoms with Crippen molar-refractivity contribution >= 4 is 23.7 Å². The van der Waals surface area contributed by atoms with E-state index in [-0.39, 0.29) is 17.2 Å². The maximum absolute atomic E-state index is 12.1. The second-order valence-electron chi connectivity index (χ2n) is 5.39. The van der Waals surface area contributed by atoms with Gasteiger partial charge in [-0.15, -0.1) is 0 Å². The molecular weight excluding hydrogens is 300 g/mol. The molecule has 0 heterocycles. The average Bonchev–Trinajstić information content (AvgIpc) is 2.52. The third-order valence-electron chi connectivity index (χ3n) is 3.29. The summed E-state index contributed by atoms with van der Waals surface area (Å²) in [5.74, 6) is -1.12. The Balaban J connectivity index is 3.42. The molecule has 23 heavy (non-hydrogen) atoms. The molecular formula is C16H22N2O5.